The lowest BCUT2D eigenvalue weighted by atomic mass is 10.2. The molecule has 2 aromatic heterocycles. The van der Waals surface area contributed by atoms with E-state index in [1.165, 1.54) is 10.9 Å². The Hall–Kier alpha value is -2.08. The van der Waals surface area contributed by atoms with E-state index in [9.17, 15) is 4.79 Å². The van der Waals surface area contributed by atoms with Gasteiger partial charge in [-0.05, 0) is 6.92 Å². The summed E-state index contributed by atoms with van der Waals surface area (Å²) in [5.41, 5.74) is 2.14. The van der Waals surface area contributed by atoms with Crippen LogP contribution in [0.25, 0.3) is 0 Å². The number of allylic oxidation sites excluding steroid dienone is 1. The van der Waals surface area contributed by atoms with Crippen LogP contribution in [0.1, 0.15) is 11.3 Å². The molecule has 2 heterocycles. The Bertz CT molecular complexity index is 646. The predicted octanol–water partition coefficient (Wildman–Crippen LogP) is 1.73. The van der Waals surface area contributed by atoms with Crippen molar-refractivity contribution in [3.8, 4) is 0 Å². The van der Waals surface area contributed by atoms with Crippen LogP contribution >= 0.6 is 11.6 Å². The fraction of sp³-hybridized carbons (Fsp3) is 0.250. The van der Waals surface area contributed by atoms with Crippen LogP contribution in [0.5, 0.6) is 0 Å². The highest BCUT2D eigenvalue weighted by Crippen LogP contribution is 2.16. The molecule has 0 aliphatic rings. The monoisotopic (exact) mass is 279 g/mol. The Labute approximate surface area is 115 Å². The lowest BCUT2D eigenvalue weighted by Crippen LogP contribution is -2.23. The van der Waals surface area contributed by atoms with Gasteiger partial charge < -0.3 is 5.32 Å². The molecule has 0 saturated heterocycles. The van der Waals surface area contributed by atoms with Crippen molar-refractivity contribution >= 4 is 17.3 Å². The fourth-order valence-electron chi connectivity index (χ4n) is 1.58. The van der Waals surface area contributed by atoms with E-state index in [2.05, 4.69) is 27.2 Å². The molecule has 0 amide bonds. The Kier molecular flexibility index (Phi) is 4.01. The minimum atomic E-state index is -0.338. The number of H-pyrrole nitrogens is 1. The number of rotatable bonds is 5. The molecule has 0 spiro atoms. The fourth-order valence-corrected chi connectivity index (χ4v) is 1.80. The molecule has 0 aliphatic heterocycles. The number of nitrogens with one attached hydrogen (secondary N) is 2. The van der Waals surface area contributed by atoms with Crippen LogP contribution in [0.15, 0.2) is 29.8 Å². The van der Waals surface area contributed by atoms with E-state index in [1.807, 2.05) is 6.92 Å². The Balaban J connectivity index is 2.18. The molecule has 0 saturated carbocycles. The zero-order valence-electron chi connectivity index (χ0n) is 10.5. The van der Waals surface area contributed by atoms with Crippen LogP contribution in [-0.4, -0.2) is 20.0 Å². The van der Waals surface area contributed by atoms with E-state index in [4.69, 9.17) is 11.6 Å². The van der Waals surface area contributed by atoms with E-state index >= 15 is 0 Å². The van der Waals surface area contributed by atoms with Crippen molar-refractivity contribution in [2.45, 2.75) is 20.0 Å². The number of hydrogen-bond acceptors (Lipinski definition) is 4. The van der Waals surface area contributed by atoms with Gasteiger partial charge in [0.2, 0.25) is 0 Å². The van der Waals surface area contributed by atoms with Crippen molar-refractivity contribution in [1.82, 2.24) is 20.0 Å². The highest BCUT2D eigenvalue weighted by molar-refractivity contribution is 6.32. The average Bonchev–Trinajstić information content (AvgIpc) is 2.80. The van der Waals surface area contributed by atoms with Gasteiger partial charge in [0, 0.05) is 17.8 Å². The van der Waals surface area contributed by atoms with Crippen molar-refractivity contribution in [2.75, 3.05) is 5.32 Å². The van der Waals surface area contributed by atoms with Gasteiger partial charge in [0.05, 0.1) is 24.6 Å². The van der Waals surface area contributed by atoms with Crippen LogP contribution in [0, 0.1) is 6.92 Å². The summed E-state index contributed by atoms with van der Waals surface area (Å²) in [6.07, 6.45) is 4.85. The van der Waals surface area contributed by atoms with Gasteiger partial charge >= 0.3 is 0 Å². The van der Waals surface area contributed by atoms with Gasteiger partial charge in [0.15, 0.2) is 0 Å². The van der Waals surface area contributed by atoms with Gasteiger partial charge in [-0.1, -0.05) is 17.7 Å². The number of anilines is 1. The molecule has 6 nitrogen and oxygen atoms in total. The van der Waals surface area contributed by atoms with E-state index in [0.717, 1.165) is 11.3 Å². The maximum absolute atomic E-state index is 11.9. The number of halogens is 1. The summed E-state index contributed by atoms with van der Waals surface area (Å²) in [7, 11) is 0. The first kappa shape index (κ1) is 13.4. The number of aromatic nitrogens is 4. The van der Waals surface area contributed by atoms with E-state index < -0.39 is 0 Å². The Morgan fingerprint density at radius 3 is 3.00 bits per heavy atom. The van der Waals surface area contributed by atoms with Crippen LogP contribution < -0.4 is 10.9 Å². The molecule has 0 radical (unpaired) electrons. The standard InChI is InChI=1S/C12H14ClN5O/c1-3-4-18-12(19)11(13)10(7-16-18)14-5-9-6-15-17-8(9)2/h3,6-7,14H,1,4-5H2,2H3,(H,15,17). The number of nitrogens with zero attached hydrogens (tertiary/aromatic N) is 3. The third kappa shape index (κ3) is 2.85. The molecule has 7 heteroatoms. The van der Waals surface area contributed by atoms with Gasteiger partial charge in [-0.25, -0.2) is 4.68 Å². The molecule has 2 N–H and O–H groups in total. The van der Waals surface area contributed by atoms with Crippen LogP contribution in [0.4, 0.5) is 5.69 Å². The van der Waals surface area contributed by atoms with Crippen LogP contribution in [0.3, 0.4) is 0 Å². The normalized spacial score (nSPS) is 10.4. The number of hydrogen-bond donors (Lipinski definition) is 2. The van der Waals surface area contributed by atoms with Gasteiger partial charge in [0.25, 0.3) is 5.56 Å². The summed E-state index contributed by atoms with van der Waals surface area (Å²) in [4.78, 5) is 11.9. The maximum Gasteiger partial charge on any atom is 0.287 e. The first-order valence-electron chi connectivity index (χ1n) is 5.72. The van der Waals surface area contributed by atoms with E-state index in [1.54, 1.807) is 12.3 Å². The largest absolute Gasteiger partial charge is 0.378 e. The van der Waals surface area contributed by atoms with Crippen molar-refractivity contribution in [1.29, 1.82) is 0 Å². The van der Waals surface area contributed by atoms with Crippen molar-refractivity contribution in [3.05, 3.63) is 51.7 Å². The second kappa shape index (κ2) is 5.71. The summed E-state index contributed by atoms with van der Waals surface area (Å²) in [5, 5.41) is 14.0. The molecule has 0 bridgehead atoms. The SMILES string of the molecule is C=CCn1ncc(NCc2cn[nH]c2C)c(Cl)c1=O. The lowest BCUT2D eigenvalue weighted by Gasteiger charge is -2.08. The van der Waals surface area contributed by atoms with Gasteiger partial charge in [0.1, 0.15) is 5.02 Å². The van der Waals surface area contributed by atoms with Crippen LogP contribution in [0.2, 0.25) is 5.02 Å². The van der Waals surface area contributed by atoms with Gasteiger partial charge in [-0.2, -0.15) is 10.2 Å². The molecule has 0 aromatic carbocycles. The van der Waals surface area contributed by atoms with Crippen molar-refractivity contribution in [3.63, 3.8) is 0 Å². The molecular weight excluding hydrogens is 266 g/mol. The third-order valence-corrected chi connectivity index (χ3v) is 3.06. The summed E-state index contributed by atoms with van der Waals surface area (Å²) in [6, 6.07) is 0. The molecule has 0 atom stereocenters. The Morgan fingerprint density at radius 2 is 2.37 bits per heavy atom. The smallest absolute Gasteiger partial charge is 0.287 e. The molecule has 2 aromatic rings. The summed E-state index contributed by atoms with van der Waals surface area (Å²) in [5.74, 6) is 0. The third-order valence-electron chi connectivity index (χ3n) is 2.69. The predicted molar refractivity (Wildman–Crippen MR) is 74.4 cm³/mol. The summed E-state index contributed by atoms with van der Waals surface area (Å²) in [6.45, 7) is 6.34. The van der Waals surface area contributed by atoms with Crippen LogP contribution in [-0.2, 0) is 13.1 Å². The quantitative estimate of drug-likeness (QED) is 0.817. The molecular formula is C12H14ClN5O. The van der Waals surface area contributed by atoms with Gasteiger partial charge in [-0.15, -0.1) is 6.58 Å². The van der Waals surface area contributed by atoms with Gasteiger partial charge in [-0.3, -0.25) is 9.89 Å². The second-order valence-corrected chi connectivity index (χ2v) is 4.40. The minimum absolute atomic E-state index is 0.123. The van der Waals surface area contributed by atoms with Crippen molar-refractivity contribution < 1.29 is 0 Å². The minimum Gasteiger partial charge on any atom is -0.378 e. The van der Waals surface area contributed by atoms with E-state index in [-0.39, 0.29) is 10.6 Å². The number of aromatic amines is 1. The summed E-state index contributed by atoms with van der Waals surface area (Å²) < 4.78 is 1.25. The average molecular weight is 280 g/mol. The second-order valence-electron chi connectivity index (χ2n) is 4.02. The molecule has 2 rings (SSSR count). The molecule has 0 unspecified atom stereocenters. The Morgan fingerprint density at radius 1 is 1.58 bits per heavy atom. The molecule has 19 heavy (non-hydrogen) atoms. The highest BCUT2D eigenvalue weighted by atomic mass is 35.5. The van der Waals surface area contributed by atoms with E-state index in [0.29, 0.717) is 18.8 Å². The number of aryl methyl sites for hydroxylation is 1. The van der Waals surface area contributed by atoms with Crippen molar-refractivity contribution in [2.24, 2.45) is 0 Å². The summed E-state index contributed by atoms with van der Waals surface area (Å²) >= 11 is 6.02. The molecule has 100 valence electrons. The topological polar surface area (TPSA) is 75.6 Å². The zero-order chi connectivity index (χ0) is 13.8. The maximum atomic E-state index is 11.9. The zero-order valence-corrected chi connectivity index (χ0v) is 11.2. The molecule has 0 fully saturated rings. The lowest BCUT2D eigenvalue weighted by molar-refractivity contribution is 0.653. The molecule has 0 aliphatic carbocycles. The first-order valence-corrected chi connectivity index (χ1v) is 6.10. The highest BCUT2D eigenvalue weighted by Gasteiger charge is 2.09. The first-order chi connectivity index (χ1) is 9.13.